The number of amides is 1. The van der Waals surface area contributed by atoms with Crippen molar-refractivity contribution in [2.24, 2.45) is 0 Å². The summed E-state index contributed by atoms with van der Waals surface area (Å²) in [6.07, 6.45) is 5.08. The van der Waals surface area contributed by atoms with Gasteiger partial charge in [-0.1, -0.05) is 40.0 Å². The van der Waals surface area contributed by atoms with E-state index in [2.05, 4.69) is 27.2 Å². The van der Waals surface area contributed by atoms with Gasteiger partial charge in [-0.05, 0) is 41.8 Å². The van der Waals surface area contributed by atoms with Gasteiger partial charge in [-0.2, -0.15) is 5.26 Å². The van der Waals surface area contributed by atoms with Crippen LogP contribution in [0.5, 0.6) is 11.5 Å². The van der Waals surface area contributed by atoms with Crippen LogP contribution in [0.15, 0.2) is 46.9 Å². The Kier molecular flexibility index (Phi) is 9.04. The summed E-state index contributed by atoms with van der Waals surface area (Å²) < 4.78 is 17.1. The monoisotopic (exact) mass is 456 g/mol. The molecule has 2 aromatic rings. The normalized spacial score (nSPS) is 11.0. The second-order valence-corrected chi connectivity index (χ2v) is 6.84. The first-order valence-electron chi connectivity index (χ1n) is 8.84. The molecule has 1 amide bonds. The van der Waals surface area contributed by atoms with Gasteiger partial charge in [-0.3, -0.25) is 4.79 Å². The Morgan fingerprint density at radius 1 is 1.21 bits per heavy atom. The van der Waals surface area contributed by atoms with Crippen molar-refractivity contribution in [3.63, 3.8) is 0 Å². The van der Waals surface area contributed by atoms with Crippen LogP contribution in [-0.2, 0) is 16.0 Å². The van der Waals surface area contributed by atoms with Crippen LogP contribution in [0.3, 0.4) is 0 Å². The summed E-state index contributed by atoms with van der Waals surface area (Å²) >= 11 is 3.37. The Labute approximate surface area is 178 Å². The predicted octanol–water partition coefficient (Wildman–Crippen LogP) is 3.41. The number of carbonyl (C=O) groups excluding carboxylic acids is 1. The lowest BCUT2D eigenvalue weighted by atomic mass is 10.1. The van der Waals surface area contributed by atoms with E-state index in [0.29, 0.717) is 24.5 Å². The molecule has 6 nitrogen and oxygen atoms in total. The fourth-order valence-corrected chi connectivity index (χ4v) is 2.88. The lowest BCUT2D eigenvalue weighted by Gasteiger charge is -2.17. The molecule has 150 valence electrons. The van der Waals surface area contributed by atoms with Crippen LogP contribution in [-0.4, -0.2) is 32.8 Å². The van der Waals surface area contributed by atoms with E-state index in [1.165, 1.54) is 7.11 Å². The van der Waals surface area contributed by atoms with E-state index in [0.717, 1.165) is 15.6 Å². The summed E-state index contributed by atoms with van der Waals surface area (Å²) in [5, 5.41) is 11.5. The SMILES string of the molecule is C#CCO[C@@H](C(=O)NCCc1ccc(OCC#N)c(OC)c1)c1ccc(Br)cc1. The molecule has 7 heteroatoms. The standard InChI is InChI=1S/C22H21BrN2O4/c1-3-13-29-21(17-5-7-18(23)8-6-17)22(26)25-12-10-16-4-9-19(28-14-11-24)20(15-16)27-2/h1,4-9,15,21H,10,12-14H2,2H3,(H,25,26)/t21-/m1/s1. The highest BCUT2D eigenvalue weighted by molar-refractivity contribution is 9.10. The maximum atomic E-state index is 12.6. The molecule has 1 N–H and O–H groups in total. The average Bonchev–Trinajstić information content (AvgIpc) is 2.74. The largest absolute Gasteiger partial charge is 0.493 e. The number of hydrogen-bond donors (Lipinski definition) is 1. The number of hydrogen-bond acceptors (Lipinski definition) is 5. The number of nitrogens with one attached hydrogen (secondary N) is 1. The van der Waals surface area contributed by atoms with Crippen molar-refractivity contribution >= 4 is 21.8 Å². The van der Waals surface area contributed by atoms with Crippen LogP contribution in [0.2, 0.25) is 0 Å². The number of ether oxygens (including phenoxy) is 3. The molecule has 0 unspecified atom stereocenters. The van der Waals surface area contributed by atoms with Gasteiger partial charge in [0.15, 0.2) is 24.2 Å². The zero-order valence-electron chi connectivity index (χ0n) is 16.0. The van der Waals surface area contributed by atoms with E-state index in [1.54, 1.807) is 6.07 Å². The molecule has 0 radical (unpaired) electrons. The fourth-order valence-electron chi connectivity index (χ4n) is 2.61. The molecule has 0 fully saturated rings. The average molecular weight is 457 g/mol. The maximum Gasteiger partial charge on any atom is 0.253 e. The number of nitrogens with zero attached hydrogens (tertiary/aromatic N) is 1. The van der Waals surface area contributed by atoms with E-state index < -0.39 is 6.10 Å². The number of rotatable bonds is 10. The minimum atomic E-state index is -0.782. The zero-order valence-corrected chi connectivity index (χ0v) is 17.6. The molecule has 0 aliphatic heterocycles. The maximum absolute atomic E-state index is 12.6. The molecular weight excluding hydrogens is 436 g/mol. The van der Waals surface area contributed by atoms with Crippen molar-refractivity contribution < 1.29 is 19.0 Å². The highest BCUT2D eigenvalue weighted by atomic mass is 79.9. The van der Waals surface area contributed by atoms with Gasteiger partial charge < -0.3 is 19.5 Å². The van der Waals surface area contributed by atoms with Gasteiger partial charge in [0.25, 0.3) is 5.91 Å². The van der Waals surface area contributed by atoms with Gasteiger partial charge in [-0.15, -0.1) is 6.42 Å². The van der Waals surface area contributed by atoms with E-state index in [9.17, 15) is 4.79 Å². The zero-order chi connectivity index (χ0) is 21.1. The number of halogens is 1. The third kappa shape index (κ3) is 6.83. The van der Waals surface area contributed by atoms with Crippen LogP contribution in [0, 0.1) is 23.7 Å². The van der Waals surface area contributed by atoms with Crippen molar-refractivity contribution in [2.45, 2.75) is 12.5 Å². The Hall–Kier alpha value is -3.00. The van der Waals surface area contributed by atoms with Crippen molar-refractivity contribution in [3.05, 3.63) is 58.1 Å². The number of nitriles is 1. The molecule has 0 saturated carbocycles. The molecule has 0 aromatic heterocycles. The van der Waals surface area contributed by atoms with Crippen LogP contribution < -0.4 is 14.8 Å². The van der Waals surface area contributed by atoms with Crippen molar-refractivity contribution in [1.29, 1.82) is 5.26 Å². The number of benzene rings is 2. The first kappa shape index (κ1) is 22.3. The predicted molar refractivity (Wildman–Crippen MR) is 112 cm³/mol. The third-order valence-corrected chi connectivity index (χ3v) is 4.51. The summed E-state index contributed by atoms with van der Waals surface area (Å²) in [6, 6.07) is 14.7. The topological polar surface area (TPSA) is 80.6 Å². The molecule has 1 atom stereocenters. The van der Waals surface area contributed by atoms with E-state index in [4.69, 9.17) is 25.9 Å². The molecule has 0 aliphatic carbocycles. The second-order valence-electron chi connectivity index (χ2n) is 5.92. The molecule has 2 rings (SSSR count). The van der Waals surface area contributed by atoms with E-state index in [-0.39, 0.29) is 19.1 Å². The first-order valence-corrected chi connectivity index (χ1v) is 9.63. The number of terminal acetylenes is 1. The summed E-state index contributed by atoms with van der Waals surface area (Å²) in [7, 11) is 1.53. The van der Waals surface area contributed by atoms with Gasteiger partial charge >= 0.3 is 0 Å². The van der Waals surface area contributed by atoms with Gasteiger partial charge in [0, 0.05) is 11.0 Å². The summed E-state index contributed by atoms with van der Waals surface area (Å²) in [6.45, 7) is 0.392. The molecular formula is C22H21BrN2O4. The first-order chi connectivity index (χ1) is 14.1. The van der Waals surface area contributed by atoms with Crippen molar-refractivity contribution in [2.75, 3.05) is 26.9 Å². The highest BCUT2D eigenvalue weighted by Gasteiger charge is 2.21. The Morgan fingerprint density at radius 2 is 1.97 bits per heavy atom. The van der Waals surface area contributed by atoms with Gasteiger partial charge in [0.2, 0.25) is 0 Å². The van der Waals surface area contributed by atoms with Crippen LogP contribution in [0.1, 0.15) is 17.2 Å². The summed E-state index contributed by atoms with van der Waals surface area (Å²) in [5.41, 5.74) is 1.68. The smallest absolute Gasteiger partial charge is 0.253 e. The highest BCUT2D eigenvalue weighted by Crippen LogP contribution is 2.28. The van der Waals surface area contributed by atoms with Crippen LogP contribution in [0.4, 0.5) is 0 Å². The lowest BCUT2D eigenvalue weighted by Crippen LogP contribution is -2.32. The molecule has 29 heavy (non-hydrogen) atoms. The van der Waals surface area contributed by atoms with Crippen molar-refractivity contribution in [3.8, 4) is 29.9 Å². The second kappa shape index (κ2) is 11.8. The molecule has 0 saturated heterocycles. The van der Waals surface area contributed by atoms with Crippen LogP contribution in [0.25, 0.3) is 0 Å². The Morgan fingerprint density at radius 3 is 2.62 bits per heavy atom. The number of carbonyl (C=O) groups is 1. The van der Waals surface area contributed by atoms with E-state index >= 15 is 0 Å². The molecule has 0 heterocycles. The quantitative estimate of drug-likeness (QED) is 0.554. The summed E-state index contributed by atoms with van der Waals surface area (Å²) in [5.74, 6) is 3.17. The van der Waals surface area contributed by atoms with Gasteiger partial charge in [0.05, 0.1) is 7.11 Å². The lowest BCUT2D eigenvalue weighted by molar-refractivity contribution is -0.132. The van der Waals surface area contributed by atoms with Gasteiger partial charge in [0.1, 0.15) is 12.7 Å². The minimum Gasteiger partial charge on any atom is -0.493 e. The van der Waals surface area contributed by atoms with E-state index in [1.807, 2.05) is 42.5 Å². The molecule has 2 aromatic carbocycles. The Bertz CT molecular complexity index is 901. The minimum absolute atomic E-state index is 0.0372. The van der Waals surface area contributed by atoms with Gasteiger partial charge in [-0.25, -0.2) is 0 Å². The summed E-state index contributed by atoms with van der Waals surface area (Å²) in [4.78, 5) is 12.6. The van der Waals surface area contributed by atoms with Crippen molar-refractivity contribution in [1.82, 2.24) is 5.32 Å². The van der Waals surface area contributed by atoms with Crippen LogP contribution >= 0.6 is 15.9 Å². The third-order valence-electron chi connectivity index (χ3n) is 3.98. The molecule has 0 spiro atoms. The molecule has 0 bridgehead atoms. The number of methoxy groups -OCH3 is 1. The fraction of sp³-hybridized carbons (Fsp3) is 0.273. The molecule has 0 aliphatic rings. The Balaban J connectivity index is 1.98.